The first-order valence-corrected chi connectivity index (χ1v) is 9.61. The Kier molecular flexibility index (Phi) is 4.32. The Labute approximate surface area is 149 Å². The molecular weight excluding hydrogens is 316 g/mol. The first-order valence-electron chi connectivity index (χ1n) is 9.61. The second-order valence-corrected chi connectivity index (χ2v) is 8.77. The topological polar surface area (TPSA) is 75.4 Å². The van der Waals surface area contributed by atoms with Crippen molar-refractivity contribution < 1.29 is 10.0 Å². The second kappa shape index (κ2) is 6.36. The van der Waals surface area contributed by atoms with Crippen LogP contribution in [0.5, 0.6) is 0 Å². The number of non-ortho nitro benzene ring substituents is 1. The summed E-state index contributed by atoms with van der Waals surface area (Å²) in [5.74, 6) is 2.78. The molecule has 4 aliphatic rings. The first-order chi connectivity index (χ1) is 11.9. The van der Waals surface area contributed by atoms with Gasteiger partial charge >= 0.3 is 0 Å². The minimum absolute atomic E-state index is 0.0610. The van der Waals surface area contributed by atoms with Crippen molar-refractivity contribution in [2.75, 3.05) is 6.54 Å². The number of nitrogens with zero attached hydrogens (tertiary/aromatic N) is 1. The third kappa shape index (κ3) is 3.20. The molecule has 0 radical (unpaired) electrons. The standard InChI is InChI=1S/C20H28N2O3/c1-13(20-9-14-6-15(10-20)8-16(7-14)11-20)21-12-19(23)17-2-4-18(5-3-17)22(24)25/h2-5,13-16,19,21,23H,6-12H2,1H3/t13-,14?,15?,16?,19-,20?/m0/s1. The minimum atomic E-state index is -0.628. The van der Waals surface area contributed by atoms with Gasteiger partial charge in [0.05, 0.1) is 11.0 Å². The molecule has 5 heteroatoms. The molecule has 4 fully saturated rings. The van der Waals surface area contributed by atoms with Crippen molar-refractivity contribution in [3.8, 4) is 0 Å². The van der Waals surface area contributed by atoms with Crippen LogP contribution in [0.15, 0.2) is 24.3 Å². The summed E-state index contributed by atoms with van der Waals surface area (Å²) in [7, 11) is 0. The summed E-state index contributed by atoms with van der Waals surface area (Å²) in [4.78, 5) is 10.3. The summed E-state index contributed by atoms with van der Waals surface area (Å²) in [6, 6.07) is 6.63. The molecule has 1 aromatic rings. The Hall–Kier alpha value is -1.46. The lowest BCUT2D eigenvalue weighted by Gasteiger charge is -2.59. The molecule has 4 saturated carbocycles. The monoisotopic (exact) mass is 344 g/mol. The lowest BCUT2D eigenvalue weighted by molar-refractivity contribution is -0.384. The minimum Gasteiger partial charge on any atom is -0.387 e. The van der Waals surface area contributed by atoms with Gasteiger partial charge in [-0.25, -0.2) is 0 Å². The third-order valence-corrected chi connectivity index (χ3v) is 7.11. The average molecular weight is 344 g/mol. The maximum atomic E-state index is 10.7. The van der Waals surface area contributed by atoms with E-state index < -0.39 is 11.0 Å². The summed E-state index contributed by atoms with van der Waals surface area (Å²) in [5.41, 5.74) is 1.21. The van der Waals surface area contributed by atoms with Crippen molar-refractivity contribution >= 4 is 5.69 Å². The van der Waals surface area contributed by atoms with E-state index in [0.717, 1.165) is 23.3 Å². The zero-order valence-electron chi connectivity index (χ0n) is 14.9. The van der Waals surface area contributed by atoms with E-state index in [0.29, 0.717) is 18.0 Å². The Morgan fingerprint density at radius 2 is 1.68 bits per heavy atom. The number of hydrogen-bond acceptors (Lipinski definition) is 4. The fourth-order valence-corrected chi connectivity index (χ4v) is 6.15. The van der Waals surface area contributed by atoms with Gasteiger partial charge in [0.1, 0.15) is 0 Å². The van der Waals surface area contributed by atoms with Gasteiger partial charge in [-0.05, 0) is 86.3 Å². The molecule has 0 aromatic heterocycles. The fraction of sp³-hybridized carbons (Fsp3) is 0.700. The Balaban J connectivity index is 1.37. The summed E-state index contributed by atoms with van der Waals surface area (Å²) in [6.07, 6.45) is 7.74. The number of hydrogen-bond donors (Lipinski definition) is 2. The van der Waals surface area contributed by atoms with E-state index in [4.69, 9.17) is 0 Å². The molecule has 2 N–H and O–H groups in total. The van der Waals surface area contributed by atoms with Gasteiger partial charge < -0.3 is 10.4 Å². The number of nitro benzene ring substituents is 1. The van der Waals surface area contributed by atoms with Crippen LogP contribution < -0.4 is 5.32 Å². The molecule has 136 valence electrons. The molecule has 1 aromatic carbocycles. The Morgan fingerprint density at radius 3 is 2.16 bits per heavy atom. The molecule has 4 aliphatic carbocycles. The van der Waals surface area contributed by atoms with Crippen molar-refractivity contribution in [3.05, 3.63) is 39.9 Å². The summed E-state index contributed by atoms with van der Waals surface area (Å²) in [6.45, 7) is 2.79. The van der Waals surface area contributed by atoms with E-state index in [-0.39, 0.29) is 5.69 Å². The molecule has 0 amide bonds. The largest absolute Gasteiger partial charge is 0.387 e. The van der Waals surface area contributed by atoms with Gasteiger partial charge in [0.25, 0.3) is 5.69 Å². The molecule has 5 rings (SSSR count). The number of nitrogens with one attached hydrogen (secondary N) is 1. The second-order valence-electron chi connectivity index (χ2n) is 8.77. The van der Waals surface area contributed by atoms with Gasteiger partial charge in [-0.1, -0.05) is 0 Å². The highest BCUT2D eigenvalue weighted by atomic mass is 16.6. The quantitative estimate of drug-likeness (QED) is 0.607. The van der Waals surface area contributed by atoms with Crippen molar-refractivity contribution in [3.63, 3.8) is 0 Å². The molecule has 5 nitrogen and oxygen atoms in total. The van der Waals surface area contributed by atoms with Crippen LogP contribution in [-0.2, 0) is 0 Å². The van der Waals surface area contributed by atoms with E-state index in [1.807, 2.05) is 0 Å². The lowest BCUT2D eigenvalue weighted by atomic mass is 9.48. The van der Waals surface area contributed by atoms with Crippen LogP contribution in [0.2, 0.25) is 0 Å². The summed E-state index contributed by atoms with van der Waals surface area (Å²) >= 11 is 0. The molecule has 0 unspecified atom stereocenters. The normalized spacial score (nSPS) is 35.5. The van der Waals surface area contributed by atoms with Crippen molar-refractivity contribution in [1.29, 1.82) is 0 Å². The molecule has 0 spiro atoms. The predicted octanol–water partition coefficient (Wildman–Crippen LogP) is 3.82. The number of aliphatic hydroxyl groups is 1. The zero-order chi connectivity index (χ0) is 17.6. The van der Waals surface area contributed by atoms with Crippen molar-refractivity contribution in [2.45, 2.75) is 57.6 Å². The van der Waals surface area contributed by atoms with Crippen LogP contribution in [0.25, 0.3) is 0 Å². The summed E-state index contributed by atoms with van der Waals surface area (Å²) < 4.78 is 0. The summed E-state index contributed by atoms with van der Waals surface area (Å²) in [5, 5.41) is 24.8. The van der Waals surface area contributed by atoms with Gasteiger partial charge in [-0.3, -0.25) is 10.1 Å². The molecule has 0 aliphatic heterocycles. The molecule has 0 saturated heterocycles. The van der Waals surface area contributed by atoms with Gasteiger partial charge in [-0.2, -0.15) is 0 Å². The van der Waals surface area contributed by atoms with Crippen LogP contribution in [0, 0.1) is 33.3 Å². The molecule has 0 heterocycles. The maximum Gasteiger partial charge on any atom is 0.269 e. The van der Waals surface area contributed by atoms with E-state index in [2.05, 4.69) is 12.2 Å². The van der Waals surface area contributed by atoms with Crippen LogP contribution in [-0.4, -0.2) is 22.6 Å². The zero-order valence-corrected chi connectivity index (χ0v) is 14.9. The molecule has 4 bridgehead atoms. The number of aliphatic hydroxyl groups excluding tert-OH is 1. The van der Waals surface area contributed by atoms with Crippen molar-refractivity contribution in [2.24, 2.45) is 23.2 Å². The third-order valence-electron chi connectivity index (χ3n) is 7.11. The van der Waals surface area contributed by atoms with Gasteiger partial charge in [0.15, 0.2) is 0 Å². The van der Waals surface area contributed by atoms with Crippen LogP contribution >= 0.6 is 0 Å². The molecular formula is C20H28N2O3. The van der Waals surface area contributed by atoms with Gasteiger partial charge in [0.2, 0.25) is 0 Å². The fourth-order valence-electron chi connectivity index (χ4n) is 6.15. The van der Waals surface area contributed by atoms with Crippen LogP contribution in [0.3, 0.4) is 0 Å². The first kappa shape index (κ1) is 17.0. The predicted molar refractivity (Wildman–Crippen MR) is 96.1 cm³/mol. The molecule has 25 heavy (non-hydrogen) atoms. The number of rotatable bonds is 6. The van der Waals surface area contributed by atoms with E-state index in [1.54, 1.807) is 12.1 Å². The number of benzene rings is 1. The van der Waals surface area contributed by atoms with Gasteiger partial charge in [-0.15, -0.1) is 0 Å². The Bertz CT molecular complexity index is 608. The van der Waals surface area contributed by atoms with Crippen molar-refractivity contribution in [1.82, 2.24) is 5.32 Å². The van der Waals surface area contributed by atoms with Crippen LogP contribution in [0.4, 0.5) is 5.69 Å². The highest BCUT2D eigenvalue weighted by molar-refractivity contribution is 5.33. The van der Waals surface area contributed by atoms with Crippen LogP contribution in [0.1, 0.15) is 57.1 Å². The van der Waals surface area contributed by atoms with E-state index in [9.17, 15) is 15.2 Å². The van der Waals surface area contributed by atoms with E-state index >= 15 is 0 Å². The SMILES string of the molecule is C[C@H](NC[C@H](O)c1ccc([N+](=O)[O-])cc1)C12CC3CC(CC(C3)C1)C2. The highest BCUT2D eigenvalue weighted by Gasteiger charge is 2.52. The molecule has 2 atom stereocenters. The smallest absolute Gasteiger partial charge is 0.269 e. The lowest BCUT2D eigenvalue weighted by Crippen LogP contribution is -2.55. The average Bonchev–Trinajstić information content (AvgIpc) is 2.58. The highest BCUT2D eigenvalue weighted by Crippen LogP contribution is 2.61. The Morgan fingerprint density at radius 1 is 1.16 bits per heavy atom. The maximum absolute atomic E-state index is 10.7. The van der Waals surface area contributed by atoms with Gasteiger partial charge in [0, 0.05) is 24.7 Å². The van der Waals surface area contributed by atoms with E-state index in [1.165, 1.54) is 50.7 Å². The number of nitro groups is 1.